The van der Waals surface area contributed by atoms with Gasteiger partial charge in [-0.3, -0.25) is 0 Å². The van der Waals surface area contributed by atoms with E-state index in [4.69, 9.17) is 17.3 Å². The van der Waals surface area contributed by atoms with Crippen molar-refractivity contribution in [2.75, 3.05) is 0 Å². The van der Waals surface area contributed by atoms with Gasteiger partial charge < -0.3 is 5.73 Å². The van der Waals surface area contributed by atoms with E-state index in [1.165, 1.54) is 12.1 Å². The molecule has 3 aromatic carbocycles. The first kappa shape index (κ1) is 18.6. The first-order valence-electron chi connectivity index (χ1n) is 8.11. The third-order valence-corrected chi connectivity index (χ3v) is 5.76. The lowest BCUT2D eigenvalue weighted by Gasteiger charge is -2.26. The van der Waals surface area contributed by atoms with E-state index in [-0.39, 0.29) is 4.90 Å². The fourth-order valence-electron chi connectivity index (χ4n) is 2.75. The van der Waals surface area contributed by atoms with Crippen LogP contribution in [0.25, 0.3) is 0 Å². The normalized spacial score (nSPS) is 13.9. The number of rotatable bonds is 6. The molecule has 3 N–H and O–H groups in total. The molecule has 3 rings (SSSR count). The largest absolute Gasteiger partial charge is 0.322 e. The molecule has 4 nitrogen and oxygen atoms in total. The van der Waals surface area contributed by atoms with E-state index in [0.29, 0.717) is 5.02 Å². The number of nitrogens with one attached hydrogen (secondary N) is 1. The molecule has 0 radical (unpaired) electrons. The van der Waals surface area contributed by atoms with E-state index < -0.39 is 22.1 Å². The van der Waals surface area contributed by atoms with Crippen molar-refractivity contribution in [3.05, 3.63) is 101 Å². The minimum Gasteiger partial charge on any atom is -0.322 e. The predicted molar refractivity (Wildman–Crippen MR) is 104 cm³/mol. The van der Waals surface area contributed by atoms with Gasteiger partial charge in [0, 0.05) is 5.02 Å². The highest BCUT2D eigenvalue weighted by Gasteiger charge is 2.27. The Balaban J connectivity index is 1.99. The molecule has 2 atom stereocenters. The third-order valence-electron chi connectivity index (χ3n) is 4.09. The topological polar surface area (TPSA) is 72.2 Å². The van der Waals surface area contributed by atoms with Crippen LogP contribution >= 0.6 is 11.6 Å². The monoisotopic (exact) mass is 386 g/mol. The second-order valence-corrected chi connectivity index (χ2v) is 8.05. The Morgan fingerprint density at radius 2 is 1.38 bits per heavy atom. The number of hydrogen-bond donors (Lipinski definition) is 2. The van der Waals surface area contributed by atoms with E-state index >= 15 is 0 Å². The molecule has 0 saturated carbocycles. The maximum absolute atomic E-state index is 12.9. The van der Waals surface area contributed by atoms with E-state index in [1.54, 1.807) is 12.1 Å². The summed E-state index contributed by atoms with van der Waals surface area (Å²) in [7, 11) is -3.80. The van der Waals surface area contributed by atoms with Gasteiger partial charge in [-0.25, -0.2) is 13.1 Å². The summed E-state index contributed by atoms with van der Waals surface area (Å²) >= 11 is 5.95. The lowest BCUT2D eigenvalue weighted by Crippen LogP contribution is -2.36. The SMILES string of the molecule is NC(c1ccccc1)C(NS(=O)(=O)c1cccc(Cl)c1)c1ccccc1. The summed E-state index contributed by atoms with van der Waals surface area (Å²) in [6, 6.07) is 23.7. The quantitative estimate of drug-likeness (QED) is 0.671. The van der Waals surface area contributed by atoms with Crippen LogP contribution in [-0.4, -0.2) is 8.42 Å². The van der Waals surface area contributed by atoms with Gasteiger partial charge in [0.1, 0.15) is 0 Å². The van der Waals surface area contributed by atoms with Crippen molar-refractivity contribution < 1.29 is 8.42 Å². The van der Waals surface area contributed by atoms with Crippen molar-refractivity contribution in [3.63, 3.8) is 0 Å². The van der Waals surface area contributed by atoms with Crippen LogP contribution in [0.3, 0.4) is 0 Å². The molecule has 0 aliphatic rings. The minimum absolute atomic E-state index is 0.103. The lowest BCUT2D eigenvalue weighted by molar-refractivity contribution is 0.504. The van der Waals surface area contributed by atoms with E-state index in [2.05, 4.69) is 4.72 Å². The number of nitrogens with two attached hydrogens (primary N) is 1. The molecule has 0 aliphatic heterocycles. The molecule has 134 valence electrons. The van der Waals surface area contributed by atoms with Gasteiger partial charge in [0.05, 0.1) is 17.0 Å². The smallest absolute Gasteiger partial charge is 0.241 e. The second-order valence-electron chi connectivity index (χ2n) is 5.90. The molecule has 6 heteroatoms. The Labute approximate surface area is 158 Å². The molecule has 0 amide bonds. The second kappa shape index (κ2) is 8.01. The summed E-state index contributed by atoms with van der Waals surface area (Å²) in [6.07, 6.45) is 0. The molecule has 2 unspecified atom stereocenters. The highest BCUT2D eigenvalue weighted by Crippen LogP contribution is 2.29. The Morgan fingerprint density at radius 3 is 1.96 bits per heavy atom. The predicted octanol–water partition coefficient (Wildman–Crippen LogP) is 4.06. The first-order chi connectivity index (χ1) is 12.5. The summed E-state index contributed by atoms with van der Waals surface area (Å²) in [4.78, 5) is 0.103. The van der Waals surface area contributed by atoms with Gasteiger partial charge in [0.25, 0.3) is 0 Å². The minimum atomic E-state index is -3.80. The molecule has 0 spiro atoms. The number of benzene rings is 3. The van der Waals surface area contributed by atoms with Crippen LogP contribution in [0, 0.1) is 0 Å². The van der Waals surface area contributed by atoms with Crippen LogP contribution < -0.4 is 10.5 Å². The van der Waals surface area contributed by atoms with Crippen molar-refractivity contribution in [1.29, 1.82) is 0 Å². The molecule has 0 bridgehead atoms. The van der Waals surface area contributed by atoms with Gasteiger partial charge in [0.15, 0.2) is 0 Å². The maximum Gasteiger partial charge on any atom is 0.241 e. The zero-order valence-corrected chi connectivity index (χ0v) is 15.5. The van der Waals surface area contributed by atoms with Crippen molar-refractivity contribution >= 4 is 21.6 Å². The molecule has 3 aromatic rings. The van der Waals surface area contributed by atoms with Gasteiger partial charge >= 0.3 is 0 Å². The highest BCUT2D eigenvalue weighted by molar-refractivity contribution is 7.89. The zero-order chi connectivity index (χ0) is 18.6. The van der Waals surface area contributed by atoms with E-state index in [1.807, 2.05) is 60.7 Å². The van der Waals surface area contributed by atoms with Gasteiger partial charge in [-0.15, -0.1) is 0 Å². The average Bonchev–Trinajstić information content (AvgIpc) is 2.67. The van der Waals surface area contributed by atoms with Gasteiger partial charge in [-0.1, -0.05) is 78.3 Å². The van der Waals surface area contributed by atoms with Crippen molar-refractivity contribution in [2.24, 2.45) is 5.73 Å². The zero-order valence-electron chi connectivity index (χ0n) is 13.9. The molecular weight excluding hydrogens is 368 g/mol. The van der Waals surface area contributed by atoms with Crippen molar-refractivity contribution in [3.8, 4) is 0 Å². The molecule has 0 aliphatic carbocycles. The highest BCUT2D eigenvalue weighted by atomic mass is 35.5. The third kappa shape index (κ3) is 4.31. The average molecular weight is 387 g/mol. The summed E-state index contributed by atoms with van der Waals surface area (Å²) in [6.45, 7) is 0. The van der Waals surface area contributed by atoms with Crippen LogP contribution in [0.2, 0.25) is 5.02 Å². The van der Waals surface area contributed by atoms with Gasteiger partial charge in [0.2, 0.25) is 10.0 Å². The van der Waals surface area contributed by atoms with Crippen LogP contribution in [0.5, 0.6) is 0 Å². The number of hydrogen-bond acceptors (Lipinski definition) is 3. The van der Waals surface area contributed by atoms with E-state index in [0.717, 1.165) is 11.1 Å². The van der Waals surface area contributed by atoms with Crippen LogP contribution in [0.1, 0.15) is 23.2 Å². The Kier molecular flexibility index (Phi) is 5.74. The van der Waals surface area contributed by atoms with E-state index in [9.17, 15) is 8.42 Å². The van der Waals surface area contributed by atoms with Gasteiger partial charge in [-0.05, 0) is 29.3 Å². The van der Waals surface area contributed by atoms with Crippen molar-refractivity contribution in [2.45, 2.75) is 17.0 Å². The molecule has 0 heterocycles. The Hall–Kier alpha value is -2.18. The lowest BCUT2D eigenvalue weighted by atomic mass is 9.95. The van der Waals surface area contributed by atoms with Crippen LogP contribution in [-0.2, 0) is 10.0 Å². The summed E-state index contributed by atoms with van der Waals surface area (Å²) < 4.78 is 28.5. The standard InChI is InChI=1S/C20H19ClN2O2S/c21-17-12-7-13-18(14-17)26(24,25)23-20(16-10-5-2-6-11-16)19(22)15-8-3-1-4-9-15/h1-14,19-20,23H,22H2. The molecule has 26 heavy (non-hydrogen) atoms. The van der Waals surface area contributed by atoms with Crippen LogP contribution in [0.15, 0.2) is 89.8 Å². The fraction of sp³-hybridized carbons (Fsp3) is 0.100. The fourth-order valence-corrected chi connectivity index (χ4v) is 4.29. The summed E-state index contributed by atoms with van der Waals surface area (Å²) in [5, 5.41) is 0.358. The van der Waals surface area contributed by atoms with Gasteiger partial charge in [-0.2, -0.15) is 0 Å². The summed E-state index contributed by atoms with van der Waals surface area (Å²) in [5.74, 6) is 0. The van der Waals surface area contributed by atoms with Crippen LogP contribution in [0.4, 0.5) is 0 Å². The van der Waals surface area contributed by atoms with Crippen molar-refractivity contribution in [1.82, 2.24) is 4.72 Å². The maximum atomic E-state index is 12.9. The Bertz CT molecular complexity index is 963. The molecule has 0 saturated heterocycles. The molecule has 0 fully saturated rings. The number of sulfonamides is 1. The summed E-state index contributed by atoms with van der Waals surface area (Å²) in [5.41, 5.74) is 8.06. The Morgan fingerprint density at radius 1 is 0.808 bits per heavy atom. The molecule has 0 aromatic heterocycles. The number of halogens is 1. The first-order valence-corrected chi connectivity index (χ1v) is 9.97. The molecular formula is C20H19ClN2O2S.